The number of urea groups is 1. The monoisotopic (exact) mass is 474 g/mol. The van der Waals surface area contributed by atoms with Crippen LogP contribution < -0.4 is 15.5 Å². The minimum absolute atomic E-state index is 0.0286. The van der Waals surface area contributed by atoms with Crippen molar-refractivity contribution in [3.63, 3.8) is 0 Å². The van der Waals surface area contributed by atoms with Crippen LogP contribution >= 0.6 is 23.2 Å². The van der Waals surface area contributed by atoms with Gasteiger partial charge in [-0.1, -0.05) is 30.1 Å². The summed E-state index contributed by atoms with van der Waals surface area (Å²) in [7, 11) is 0. The van der Waals surface area contributed by atoms with Crippen LogP contribution in [-0.2, 0) is 0 Å². The number of likely N-dealkylation sites (tertiary alicyclic amines) is 1. The van der Waals surface area contributed by atoms with E-state index in [1.54, 1.807) is 24.3 Å². The number of hydrogen-bond donors (Lipinski definition) is 2. The first-order chi connectivity index (χ1) is 15.4. The fourth-order valence-corrected chi connectivity index (χ4v) is 4.73. The molecule has 2 aromatic carbocycles. The fourth-order valence-electron chi connectivity index (χ4n) is 4.28. The summed E-state index contributed by atoms with van der Waals surface area (Å²) in [6, 6.07) is 10.0. The molecule has 2 fully saturated rings. The average molecular weight is 475 g/mol. The first-order valence-corrected chi connectivity index (χ1v) is 11.9. The van der Waals surface area contributed by atoms with Gasteiger partial charge in [0.1, 0.15) is 0 Å². The van der Waals surface area contributed by atoms with E-state index in [4.69, 9.17) is 23.2 Å². The van der Waals surface area contributed by atoms with E-state index in [0.29, 0.717) is 32.9 Å². The second kappa shape index (κ2) is 10.0. The molecule has 2 aromatic rings. The highest BCUT2D eigenvalue weighted by Gasteiger charge is 2.26. The minimum Gasteiger partial charge on any atom is -0.371 e. The van der Waals surface area contributed by atoms with Crippen molar-refractivity contribution in [3.8, 4) is 0 Å². The number of piperidine rings is 1. The zero-order chi connectivity index (χ0) is 22.7. The summed E-state index contributed by atoms with van der Waals surface area (Å²) in [4.78, 5) is 30.1. The van der Waals surface area contributed by atoms with Crippen LogP contribution in [0.15, 0.2) is 36.4 Å². The van der Waals surface area contributed by atoms with E-state index in [2.05, 4.69) is 22.5 Å². The van der Waals surface area contributed by atoms with E-state index >= 15 is 0 Å². The summed E-state index contributed by atoms with van der Waals surface area (Å²) in [6.45, 7) is 5.70. The van der Waals surface area contributed by atoms with Crippen molar-refractivity contribution in [2.45, 2.75) is 32.6 Å². The van der Waals surface area contributed by atoms with Gasteiger partial charge in [0.25, 0.3) is 5.91 Å². The van der Waals surface area contributed by atoms with E-state index in [9.17, 15) is 9.59 Å². The summed E-state index contributed by atoms with van der Waals surface area (Å²) in [5, 5.41) is 6.40. The summed E-state index contributed by atoms with van der Waals surface area (Å²) in [6.07, 6.45) is 4.29. The quantitative estimate of drug-likeness (QED) is 0.561. The predicted molar refractivity (Wildman–Crippen MR) is 131 cm³/mol. The van der Waals surface area contributed by atoms with Crippen molar-refractivity contribution in [3.05, 3.63) is 52.0 Å². The molecule has 32 heavy (non-hydrogen) atoms. The van der Waals surface area contributed by atoms with Crippen LogP contribution in [-0.4, -0.2) is 43.0 Å². The maximum Gasteiger partial charge on any atom is 0.323 e. The Balaban J connectivity index is 1.55. The van der Waals surface area contributed by atoms with Gasteiger partial charge < -0.3 is 20.4 Å². The van der Waals surface area contributed by atoms with Crippen molar-refractivity contribution in [1.29, 1.82) is 0 Å². The number of halogens is 2. The van der Waals surface area contributed by atoms with Crippen molar-refractivity contribution in [2.24, 2.45) is 5.92 Å². The number of rotatable bonds is 4. The van der Waals surface area contributed by atoms with E-state index < -0.39 is 6.03 Å². The van der Waals surface area contributed by atoms with Gasteiger partial charge in [-0.25, -0.2) is 4.79 Å². The molecule has 2 saturated heterocycles. The summed E-state index contributed by atoms with van der Waals surface area (Å²) >= 11 is 12.1. The molecular weight excluding hydrogens is 447 g/mol. The lowest BCUT2D eigenvalue weighted by atomic mass is 9.97. The Morgan fingerprint density at radius 2 is 1.66 bits per heavy atom. The number of nitrogens with zero attached hydrogens (tertiary/aromatic N) is 2. The topological polar surface area (TPSA) is 64.7 Å². The predicted octanol–water partition coefficient (Wildman–Crippen LogP) is 6.11. The first kappa shape index (κ1) is 22.7. The largest absolute Gasteiger partial charge is 0.371 e. The van der Waals surface area contributed by atoms with Gasteiger partial charge in [0.05, 0.1) is 16.3 Å². The van der Waals surface area contributed by atoms with Crippen LogP contribution in [0.4, 0.5) is 21.9 Å². The van der Waals surface area contributed by atoms with Crippen LogP contribution in [0.3, 0.4) is 0 Å². The Hall–Kier alpha value is -2.44. The molecule has 0 atom stereocenters. The van der Waals surface area contributed by atoms with Crippen molar-refractivity contribution < 1.29 is 9.59 Å². The molecule has 2 aliphatic heterocycles. The fraction of sp³-hybridized carbons (Fsp3) is 0.417. The van der Waals surface area contributed by atoms with Gasteiger partial charge in [-0.3, -0.25) is 4.79 Å². The number of anilines is 3. The number of benzene rings is 2. The van der Waals surface area contributed by atoms with E-state index in [1.165, 1.54) is 0 Å². The maximum absolute atomic E-state index is 13.3. The maximum atomic E-state index is 13.3. The molecule has 0 spiro atoms. The summed E-state index contributed by atoms with van der Waals surface area (Å²) in [5.41, 5.74) is 2.61. The molecule has 2 heterocycles. The third-order valence-corrected chi connectivity index (χ3v) is 6.73. The van der Waals surface area contributed by atoms with Gasteiger partial charge in [-0.05, 0) is 68.0 Å². The Kier molecular flexibility index (Phi) is 7.11. The lowest BCUT2D eigenvalue weighted by Gasteiger charge is -2.34. The molecule has 0 radical (unpaired) electrons. The van der Waals surface area contributed by atoms with Crippen molar-refractivity contribution in [1.82, 2.24) is 4.90 Å². The Morgan fingerprint density at radius 1 is 0.938 bits per heavy atom. The number of hydrogen-bond acceptors (Lipinski definition) is 3. The van der Waals surface area contributed by atoms with Crippen molar-refractivity contribution in [2.75, 3.05) is 41.7 Å². The smallest absolute Gasteiger partial charge is 0.323 e. The van der Waals surface area contributed by atoms with Crippen LogP contribution in [0, 0.1) is 5.92 Å². The molecule has 4 rings (SSSR count). The number of amides is 3. The van der Waals surface area contributed by atoms with Gasteiger partial charge in [0.15, 0.2) is 0 Å². The minimum atomic E-state index is -0.437. The Labute approximate surface area is 198 Å². The van der Waals surface area contributed by atoms with Gasteiger partial charge in [0.2, 0.25) is 0 Å². The molecular formula is C24H28Cl2N4O2. The molecule has 0 unspecified atom stereocenters. The summed E-state index contributed by atoms with van der Waals surface area (Å²) < 4.78 is 0. The van der Waals surface area contributed by atoms with Gasteiger partial charge >= 0.3 is 6.03 Å². The van der Waals surface area contributed by atoms with Crippen molar-refractivity contribution >= 4 is 52.2 Å². The third kappa shape index (κ3) is 5.30. The lowest BCUT2D eigenvalue weighted by Crippen LogP contribution is -2.35. The molecule has 0 saturated carbocycles. The Morgan fingerprint density at radius 3 is 2.34 bits per heavy atom. The molecule has 170 valence electrons. The molecule has 0 aliphatic carbocycles. The first-order valence-electron chi connectivity index (χ1n) is 11.1. The molecule has 2 N–H and O–H groups in total. The zero-order valence-electron chi connectivity index (χ0n) is 18.2. The van der Waals surface area contributed by atoms with E-state index in [-0.39, 0.29) is 5.91 Å². The molecule has 6 nitrogen and oxygen atoms in total. The molecule has 0 aromatic heterocycles. The third-order valence-electron chi connectivity index (χ3n) is 6.18. The lowest BCUT2D eigenvalue weighted by molar-refractivity contribution is 0.0793. The second-order valence-corrected chi connectivity index (χ2v) is 9.45. The SMILES string of the molecule is CC1CCN(c2ccc(NC(=O)Nc3ccc(Cl)cc3Cl)cc2C(=O)N2CCCC2)CC1. The molecule has 8 heteroatoms. The van der Waals surface area contributed by atoms with E-state index in [0.717, 1.165) is 57.5 Å². The van der Waals surface area contributed by atoms with Crippen LogP contribution in [0.25, 0.3) is 0 Å². The highest BCUT2D eigenvalue weighted by molar-refractivity contribution is 6.36. The highest BCUT2D eigenvalue weighted by atomic mass is 35.5. The van der Waals surface area contributed by atoms with Crippen LogP contribution in [0.1, 0.15) is 43.0 Å². The standard InChI is InChI=1S/C24H28Cl2N4O2/c1-16-8-12-29(13-9-16)22-7-5-18(15-19(22)23(31)30-10-2-3-11-30)27-24(32)28-21-6-4-17(25)14-20(21)26/h4-7,14-16H,2-3,8-13H2,1H3,(H2,27,28,32). The molecule has 0 bridgehead atoms. The second-order valence-electron chi connectivity index (χ2n) is 8.60. The normalized spacial score (nSPS) is 16.8. The van der Waals surface area contributed by atoms with E-state index in [1.807, 2.05) is 17.0 Å². The Bertz CT molecular complexity index is 999. The number of carbonyl (C=O) groups excluding carboxylic acids is 2. The van der Waals surface area contributed by atoms with Crippen LogP contribution in [0.2, 0.25) is 10.0 Å². The number of carbonyl (C=O) groups is 2. The van der Waals surface area contributed by atoms with Gasteiger partial charge in [-0.2, -0.15) is 0 Å². The van der Waals surface area contributed by atoms with Gasteiger partial charge in [0, 0.05) is 42.6 Å². The zero-order valence-corrected chi connectivity index (χ0v) is 19.7. The molecule has 2 aliphatic rings. The molecule has 3 amide bonds. The summed E-state index contributed by atoms with van der Waals surface area (Å²) in [5.74, 6) is 0.731. The average Bonchev–Trinajstić information content (AvgIpc) is 3.31. The van der Waals surface area contributed by atoms with Crippen LogP contribution in [0.5, 0.6) is 0 Å². The number of nitrogens with one attached hydrogen (secondary N) is 2. The van der Waals surface area contributed by atoms with Gasteiger partial charge in [-0.15, -0.1) is 0 Å². The highest BCUT2D eigenvalue weighted by Crippen LogP contribution is 2.31.